The molecule has 1 aliphatic rings. The van der Waals surface area contributed by atoms with Crippen molar-refractivity contribution in [3.63, 3.8) is 0 Å². The van der Waals surface area contributed by atoms with Gasteiger partial charge in [0.15, 0.2) is 0 Å². The maximum atomic E-state index is 5.74. The Morgan fingerprint density at radius 1 is 1.15 bits per heavy atom. The summed E-state index contributed by atoms with van der Waals surface area (Å²) in [6.07, 6.45) is 6.75. The first-order valence-corrected chi connectivity index (χ1v) is 8.22. The molecule has 0 bridgehead atoms. The van der Waals surface area contributed by atoms with E-state index in [4.69, 9.17) is 4.74 Å². The van der Waals surface area contributed by atoms with Crippen LogP contribution in [-0.2, 0) is 0 Å². The predicted octanol–water partition coefficient (Wildman–Crippen LogP) is 4.70. The lowest BCUT2D eigenvalue weighted by molar-refractivity contribution is 0.270. The van der Waals surface area contributed by atoms with E-state index in [-0.39, 0.29) is 0 Å². The van der Waals surface area contributed by atoms with Crippen LogP contribution in [0.15, 0.2) is 24.3 Å². The van der Waals surface area contributed by atoms with Gasteiger partial charge in [0.25, 0.3) is 0 Å². The minimum Gasteiger partial charge on any atom is -0.494 e. The van der Waals surface area contributed by atoms with Crippen LogP contribution in [0.3, 0.4) is 0 Å². The van der Waals surface area contributed by atoms with Crippen molar-refractivity contribution < 1.29 is 4.74 Å². The van der Waals surface area contributed by atoms with Crippen LogP contribution < -0.4 is 10.1 Å². The Kier molecular flexibility index (Phi) is 5.90. The van der Waals surface area contributed by atoms with Gasteiger partial charge in [-0.05, 0) is 51.5 Å². The molecule has 0 aromatic heterocycles. The molecule has 1 aromatic rings. The SMILES string of the molecule is CCOc1ccccc1C(C)NC1CCC(CC)CC1. The lowest BCUT2D eigenvalue weighted by atomic mass is 9.84. The third-order valence-electron chi connectivity index (χ3n) is 4.60. The van der Waals surface area contributed by atoms with Gasteiger partial charge in [-0.15, -0.1) is 0 Å². The topological polar surface area (TPSA) is 21.3 Å². The van der Waals surface area contributed by atoms with Gasteiger partial charge in [0.05, 0.1) is 6.61 Å². The number of hydrogen-bond donors (Lipinski definition) is 1. The van der Waals surface area contributed by atoms with Gasteiger partial charge in [0.1, 0.15) is 5.75 Å². The van der Waals surface area contributed by atoms with E-state index in [1.54, 1.807) is 0 Å². The van der Waals surface area contributed by atoms with Crippen molar-refractivity contribution in [1.29, 1.82) is 0 Å². The lowest BCUT2D eigenvalue weighted by Gasteiger charge is -2.31. The number of hydrogen-bond acceptors (Lipinski definition) is 2. The predicted molar refractivity (Wildman–Crippen MR) is 85.2 cm³/mol. The standard InChI is InChI=1S/C18H29NO/c1-4-15-10-12-16(13-11-15)19-14(3)17-8-6-7-9-18(17)20-5-2/h6-9,14-16,19H,4-5,10-13H2,1-3H3. The summed E-state index contributed by atoms with van der Waals surface area (Å²) in [7, 11) is 0. The Labute approximate surface area is 123 Å². The summed E-state index contributed by atoms with van der Waals surface area (Å²) in [6.45, 7) is 7.34. The fourth-order valence-corrected chi connectivity index (χ4v) is 3.31. The number of rotatable bonds is 6. The van der Waals surface area contributed by atoms with E-state index >= 15 is 0 Å². The van der Waals surface area contributed by atoms with Crippen molar-refractivity contribution in [3.05, 3.63) is 29.8 Å². The molecule has 0 amide bonds. The van der Waals surface area contributed by atoms with Crippen LogP contribution in [0, 0.1) is 5.92 Å². The van der Waals surface area contributed by atoms with Crippen LogP contribution >= 0.6 is 0 Å². The second kappa shape index (κ2) is 7.68. The molecule has 2 rings (SSSR count). The minimum absolute atomic E-state index is 0.362. The molecule has 1 aliphatic carbocycles. The monoisotopic (exact) mass is 275 g/mol. The molecule has 1 fully saturated rings. The Balaban J connectivity index is 1.93. The Morgan fingerprint density at radius 2 is 1.85 bits per heavy atom. The summed E-state index contributed by atoms with van der Waals surface area (Å²) in [5.41, 5.74) is 1.28. The number of nitrogens with one attached hydrogen (secondary N) is 1. The molecule has 2 heteroatoms. The van der Waals surface area contributed by atoms with Crippen LogP contribution in [0.1, 0.15) is 64.5 Å². The molecule has 112 valence electrons. The van der Waals surface area contributed by atoms with E-state index in [0.717, 1.165) is 18.3 Å². The summed E-state index contributed by atoms with van der Waals surface area (Å²) < 4.78 is 5.74. The highest BCUT2D eigenvalue weighted by Crippen LogP contribution is 2.30. The lowest BCUT2D eigenvalue weighted by Crippen LogP contribution is -2.35. The summed E-state index contributed by atoms with van der Waals surface area (Å²) >= 11 is 0. The van der Waals surface area contributed by atoms with Crippen LogP contribution in [0.4, 0.5) is 0 Å². The normalized spacial score (nSPS) is 24.4. The molecular formula is C18H29NO. The fraction of sp³-hybridized carbons (Fsp3) is 0.667. The van der Waals surface area contributed by atoms with Crippen LogP contribution in [0.2, 0.25) is 0 Å². The van der Waals surface area contributed by atoms with Crippen molar-refractivity contribution >= 4 is 0 Å². The summed E-state index contributed by atoms with van der Waals surface area (Å²) in [6, 6.07) is 9.44. The molecule has 0 heterocycles. The van der Waals surface area contributed by atoms with Crippen molar-refractivity contribution in [3.8, 4) is 5.75 Å². The zero-order valence-electron chi connectivity index (χ0n) is 13.2. The highest BCUT2D eigenvalue weighted by Gasteiger charge is 2.22. The van der Waals surface area contributed by atoms with E-state index in [2.05, 4.69) is 37.4 Å². The number of ether oxygens (including phenoxy) is 1. The second-order valence-corrected chi connectivity index (χ2v) is 5.99. The molecule has 1 unspecified atom stereocenters. The van der Waals surface area contributed by atoms with Crippen molar-refractivity contribution in [2.24, 2.45) is 5.92 Å². The third-order valence-corrected chi connectivity index (χ3v) is 4.60. The van der Waals surface area contributed by atoms with E-state index in [1.807, 2.05) is 13.0 Å². The van der Waals surface area contributed by atoms with Crippen molar-refractivity contribution in [2.45, 2.75) is 65.0 Å². The fourth-order valence-electron chi connectivity index (χ4n) is 3.31. The van der Waals surface area contributed by atoms with Crippen LogP contribution in [-0.4, -0.2) is 12.6 Å². The van der Waals surface area contributed by atoms with Gasteiger partial charge in [-0.25, -0.2) is 0 Å². The van der Waals surface area contributed by atoms with E-state index in [1.165, 1.54) is 37.7 Å². The Morgan fingerprint density at radius 3 is 2.50 bits per heavy atom. The maximum Gasteiger partial charge on any atom is 0.124 e. The average molecular weight is 275 g/mol. The average Bonchev–Trinajstić information content (AvgIpc) is 2.49. The van der Waals surface area contributed by atoms with E-state index < -0.39 is 0 Å². The zero-order chi connectivity index (χ0) is 14.4. The molecule has 0 spiro atoms. The van der Waals surface area contributed by atoms with Crippen LogP contribution in [0.5, 0.6) is 5.75 Å². The molecule has 1 N–H and O–H groups in total. The molecule has 0 saturated heterocycles. The first-order valence-electron chi connectivity index (χ1n) is 8.22. The molecule has 2 nitrogen and oxygen atoms in total. The highest BCUT2D eigenvalue weighted by molar-refractivity contribution is 5.35. The zero-order valence-corrected chi connectivity index (χ0v) is 13.2. The molecule has 1 aromatic carbocycles. The first-order chi connectivity index (χ1) is 9.74. The quantitative estimate of drug-likeness (QED) is 0.812. The first kappa shape index (κ1) is 15.4. The molecule has 0 radical (unpaired) electrons. The summed E-state index contributed by atoms with van der Waals surface area (Å²) in [5, 5.41) is 3.80. The number of benzene rings is 1. The van der Waals surface area contributed by atoms with Crippen molar-refractivity contribution in [1.82, 2.24) is 5.32 Å². The van der Waals surface area contributed by atoms with Gasteiger partial charge < -0.3 is 10.1 Å². The molecule has 20 heavy (non-hydrogen) atoms. The molecular weight excluding hydrogens is 246 g/mol. The van der Waals surface area contributed by atoms with Gasteiger partial charge in [0, 0.05) is 17.6 Å². The largest absolute Gasteiger partial charge is 0.494 e. The maximum absolute atomic E-state index is 5.74. The Bertz CT molecular complexity index is 396. The van der Waals surface area contributed by atoms with E-state index in [0.29, 0.717) is 12.1 Å². The highest BCUT2D eigenvalue weighted by atomic mass is 16.5. The molecule has 1 saturated carbocycles. The third kappa shape index (κ3) is 3.99. The van der Waals surface area contributed by atoms with E-state index in [9.17, 15) is 0 Å². The summed E-state index contributed by atoms with van der Waals surface area (Å²) in [5.74, 6) is 1.98. The summed E-state index contributed by atoms with van der Waals surface area (Å²) in [4.78, 5) is 0. The van der Waals surface area contributed by atoms with Gasteiger partial charge in [0.2, 0.25) is 0 Å². The smallest absolute Gasteiger partial charge is 0.124 e. The van der Waals surface area contributed by atoms with Gasteiger partial charge in [-0.1, -0.05) is 31.5 Å². The van der Waals surface area contributed by atoms with Gasteiger partial charge >= 0.3 is 0 Å². The van der Waals surface area contributed by atoms with Gasteiger partial charge in [-0.3, -0.25) is 0 Å². The Hall–Kier alpha value is -1.02. The molecule has 1 atom stereocenters. The minimum atomic E-state index is 0.362. The van der Waals surface area contributed by atoms with Gasteiger partial charge in [-0.2, -0.15) is 0 Å². The second-order valence-electron chi connectivity index (χ2n) is 5.99. The van der Waals surface area contributed by atoms with Crippen LogP contribution in [0.25, 0.3) is 0 Å². The van der Waals surface area contributed by atoms with Crippen molar-refractivity contribution in [2.75, 3.05) is 6.61 Å². The number of para-hydroxylation sites is 1. The molecule has 0 aliphatic heterocycles.